The maximum Gasteiger partial charge on any atom is 0.278 e. The van der Waals surface area contributed by atoms with E-state index in [1.807, 2.05) is 31.2 Å². The molecule has 122 valence electrons. The second kappa shape index (κ2) is 6.67. The van der Waals surface area contributed by atoms with Crippen LogP contribution in [-0.2, 0) is 0 Å². The monoisotopic (exact) mass is 359 g/mol. The summed E-state index contributed by atoms with van der Waals surface area (Å²) >= 11 is 12.0. The summed E-state index contributed by atoms with van der Waals surface area (Å²) in [6.45, 7) is 1.99. The molecule has 6 heteroatoms. The van der Waals surface area contributed by atoms with Gasteiger partial charge in [-0.05, 0) is 48.9 Å². The zero-order valence-electron chi connectivity index (χ0n) is 13.2. The number of carbonyl (C=O) groups is 1. The van der Waals surface area contributed by atoms with E-state index in [0.717, 1.165) is 16.9 Å². The van der Waals surface area contributed by atoms with Gasteiger partial charge in [-0.2, -0.15) is 5.10 Å². The normalized spacial score (nSPS) is 10.7. The van der Waals surface area contributed by atoms with E-state index in [-0.39, 0.29) is 5.91 Å². The minimum Gasteiger partial charge on any atom is -0.310 e. The quantitative estimate of drug-likeness (QED) is 0.675. The lowest BCUT2D eigenvalue weighted by Gasteiger charge is -2.16. The first-order valence-corrected chi connectivity index (χ1v) is 8.07. The van der Waals surface area contributed by atoms with Crippen LogP contribution < -0.4 is 4.90 Å². The first-order valence-electron chi connectivity index (χ1n) is 7.31. The Bertz CT molecular complexity index is 905. The van der Waals surface area contributed by atoms with Gasteiger partial charge in [-0.15, -0.1) is 0 Å². The molecule has 4 nitrogen and oxygen atoms in total. The van der Waals surface area contributed by atoms with Crippen molar-refractivity contribution in [3.05, 3.63) is 76.0 Å². The molecule has 24 heavy (non-hydrogen) atoms. The summed E-state index contributed by atoms with van der Waals surface area (Å²) in [5.74, 6) is -0.181. The van der Waals surface area contributed by atoms with E-state index in [1.54, 1.807) is 47.1 Å². The van der Waals surface area contributed by atoms with Crippen molar-refractivity contribution in [1.82, 2.24) is 9.78 Å². The third-order valence-electron chi connectivity index (χ3n) is 3.67. The molecule has 0 N–H and O–H groups in total. The number of rotatable bonds is 3. The highest BCUT2D eigenvalue weighted by atomic mass is 35.5. The van der Waals surface area contributed by atoms with Gasteiger partial charge in [0.1, 0.15) is 0 Å². The Labute approximate surface area is 150 Å². The maximum atomic E-state index is 12.6. The molecule has 0 radical (unpaired) electrons. The van der Waals surface area contributed by atoms with Crippen LogP contribution in [0, 0.1) is 6.92 Å². The van der Waals surface area contributed by atoms with E-state index in [1.165, 1.54) is 0 Å². The standard InChI is InChI=1S/C18H15Cl2N3O/c1-12-4-3-5-13(10-12)22(2)18(24)17-8-9-23(21-17)14-6-7-15(19)16(20)11-14/h3-11H,1-2H3. The molecule has 0 fully saturated rings. The first-order chi connectivity index (χ1) is 11.5. The lowest BCUT2D eigenvalue weighted by Crippen LogP contribution is -2.26. The summed E-state index contributed by atoms with van der Waals surface area (Å²) in [5.41, 5.74) is 3.00. The van der Waals surface area contributed by atoms with Crippen LogP contribution in [0.3, 0.4) is 0 Å². The van der Waals surface area contributed by atoms with E-state index in [0.29, 0.717) is 15.7 Å². The van der Waals surface area contributed by atoms with Crippen LogP contribution in [0.25, 0.3) is 5.69 Å². The average Bonchev–Trinajstić information content (AvgIpc) is 3.06. The zero-order chi connectivity index (χ0) is 17.3. The van der Waals surface area contributed by atoms with Crippen LogP contribution >= 0.6 is 23.2 Å². The van der Waals surface area contributed by atoms with Crippen LogP contribution in [0.1, 0.15) is 16.1 Å². The first kappa shape index (κ1) is 16.6. The highest BCUT2D eigenvalue weighted by Crippen LogP contribution is 2.24. The van der Waals surface area contributed by atoms with Gasteiger partial charge in [-0.3, -0.25) is 4.79 Å². The topological polar surface area (TPSA) is 38.1 Å². The van der Waals surface area contributed by atoms with E-state index >= 15 is 0 Å². The predicted molar refractivity (Wildman–Crippen MR) is 97.5 cm³/mol. The molecule has 1 amide bonds. The number of hydrogen-bond donors (Lipinski definition) is 0. The summed E-state index contributed by atoms with van der Waals surface area (Å²) < 4.78 is 1.60. The van der Waals surface area contributed by atoms with E-state index in [4.69, 9.17) is 23.2 Å². The Balaban J connectivity index is 1.87. The van der Waals surface area contributed by atoms with Gasteiger partial charge in [0, 0.05) is 18.9 Å². The number of aryl methyl sites for hydroxylation is 1. The molecular weight excluding hydrogens is 345 g/mol. The number of aromatic nitrogens is 2. The van der Waals surface area contributed by atoms with Crippen molar-refractivity contribution in [2.45, 2.75) is 6.92 Å². The molecule has 3 aromatic rings. The molecule has 3 rings (SSSR count). The molecule has 0 saturated heterocycles. The molecular formula is C18H15Cl2N3O. The van der Waals surface area contributed by atoms with Crippen molar-refractivity contribution >= 4 is 34.8 Å². The molecule has 2 aromatic carbocycles. The van der Waals surface area contributed by atoms with Gasteiger partial charge < -0.3 is 4.90 Å². The van der Waals surface area contributed by atoms with Gasteiger partial charge in [-0.25, -0.2) is 4.68 Å². The number of nitrogens with zero attached hydrogens (tertiary/aromatic N) is 3. The molecule has 1 heterocycles. The van der Waals surface area contributed by atoms with Crippen molar-refractivity contribution in [2.24, 2.45) is 0 Å². The third-order valence-corrected chi connectivity index (χ3v) is 4.41. The second-order valence-corrected chi connectivity index (χ2v) is 6.26. The van der Waals surface area contributed by atoms with Crippen molar-refractivity contribution in [2.75, 3.05) is 11.9 Å². The summed E-state index contributed by atoms with van der Waals surface area (Å²) in [7, 11) is 1.73. The third kappa shape index (κ3) is 3.30. The molecule has 0 unspecified atom stereocenters. The Hall–Kier alpha value is -2.30. The van der Waals surface area contributed by atoms with Gasteiger partial charge in [0.2, 0.25) is 0 Å². The minimum absolute atomic E-state index is 0.181. The van der Waals surface area contributed by atoms with Crippen molar-refractivity contribution in [3.8, 4) is 5.69 Å². The smallest absolute Gasteiger partial charge is 0.278 e. The SMILES string of the molecule is Cc1cccc(N(C)C(=O)c2ccn(-c3ccc(Cl)c(Cl)c3)n2)c1. The fourth-order valence-electron chi connectivity index (χ4n) is 2.34. The van der Waals surface area contributed by atoms with Crippen LogP contribution in [0.5, 0.6) is 0 Å². The molecule has 0 atom stereocenters. The number of benzene rings is 2. The van der Waals surface area contributed by atoms with Gasteiger partial charge >= 0.3 is 0 Å². The highest BCUT2D eigenvalue weighted by Gasteiger charge is 2.17. The fourth-order valence-corrected chi connectivity index (χ4v) is 2.63. The molecule has 0 bridgehead atoms. The van der Waals surface area contributed by atoms with Crippen LogP contribution in [0.2, 0.25) is 10.0 Å². The summed E-state index contributed by atoms with van der Waals surface area (Å²) in [4.78, 5) is 14.2. The molecule has 0 aliphatic carbocycles. The lowest BCUT2D eigenvalue weighted by atomic mass is 10.2. The van der Waals surface area contributed by atoms with Crippen molar-refractivity contribution in [1.29, 1.82) is 0 Å². The number of anilines is 1. The Morgan fingerprint density at radius 2 is 1.88 bits per heavy atom. The Morgan fingerprint density at radius 1 is 1.08 bits per heavy atom. The molecule has 0 saturated carbocycles. The highest BCUT2D eigenvalue weighted by molar-refractivity contribution is 6.42. The minimum atomic E-state index is -0.181. The second-order valence-electron chi connectivity index (χ2n) is 5.45. The Kier molecular flexibility index (Phi) is 4.60. The van der Waals surface area contributed by atoms with Gasteiger partial charge in [-0.1, -0.05) is 35.3 Å². The fraction of sp³-hybridized carbons (Fsp3) is 0.111. The van der Waals surface area contributed by atoms with Gasteiger partial charge in [0.05, 0.1) is 15.7 Å². The van der Waals surface area contributed by atoms with Gasteiger partial charge in [0.15, 0.2) is 5.69 Å². The lowest BCUT2D eigenvalue weighted by molar-refractivity contribution is 0.0988. The predicted octanol–water partition coefficient (Wildman–Crippen LogP) is 4.76. The van der Waals surface area contributed by atoms with Crippen LogP contribution in [0.15, 0.2) is 54.7 Å². The largest absolute Gasteiger partial charge is 0.310 e. The average molecular weight is 360 g/mol. The van der Waals surface area contributed by atoms with Crippen molar-refractivity contribution < 1.29 is 4.79 Å². The van der Waals surface area contributed by atoms with E-state index in [9.17, 15) is 4.79 Å². The molecule has 0 aliphatic heterocycles. The number of halogens is 2. The van der Waals surface area contributed by atoms with E-state index < -0.39 is 0 Å². The van der Waals surface area contributed by atoms with Crippen molar-refractivity contribution in [3.63, 3.8) is 0 Å². The maximum absolute atomic E-state index is 12.6. The van der Waals surface area contributed by atoms with Crippen LogP contribution in [-0.4, -0.2) is 22.7 Å². The zero-order valence-corrected chi connectivity index (χ0v) is 14.7. The molecule has 0 spiro atoms. The summed E-state index contributed by atoms with van der Waals surface area (Å²) in [6.07, 6.45) is 1.72. The molecule has 1 aromatic heterocycles. The van der Waals surface area contributed by atoms with E-state index in [2.05, 4.69) is 5.10 Å². The van der Waals surface area contributed by atoms with Crippen LogP contribution in [0.4, 0.5) is 5.69 Å². The number of carbonyl (C=O) groups excluding carboxylic acids is 1. The molecule has 0 aliphatic rings. The summed E-state index contributed by atoms with van der Waals surface area (Å²) in [6, 6.07) is 14.6. The number of amides is 1. The summed E-state index contributed by atoms with van der Waals surface area (Å²) in [5, 5.41) is 5.26. The number of hydrogen-bond acceptors (Lipinski definition) is 2. The Morgan fingerprint density at radius 3 is 2.58 bits per heavy atom. The van der Waals surface area contributed by atoms with Gasteiger partial charge in [0.25, 0.3) is 5.91 Å².